The number of methoxy groups -OCH3 is 1. The molecule has 0 aliphatic carbocycles. The van der Waals surface area contributed by atoms with E-state index < -0.39 is 0 Å². The Bertz CT molecular complexity index is 605. The van der Waals surface area contributed by atoms with Gasteiger partial charge in [-0.3, -0.25) is 0 Å². The first-order valence-electron chi connectivity index (χ1n) is 5.16. The predicted molar refractivity (Wildman–Crippen MR) is 71.9 cm³/mol. The van der Waals surface area contributed by atoms with Gasteiger partial charge in [-0.2, -0.15) is 0 Å². The van der Waals surface area contributed by atoms with Crippen LogP contribution in [0.1, 0.15) is 5.76 Å². The highest BCUT2D eigenvalue weighted by Crippen LogP contribution is 2.42. The van der Waals surface area contributed by atoms with Crippen molar-refractivity contribution >= 4 is 23.6 Å². The van der Waals surface area contributed by atoms with Gasteiger partial charge < -0.3 is 20.0 Å². The number of rotatable bonds is 3. The summed E-state index contributed by atoms with van der Waals surface area (Å²) in [5, 5.41) is 10.4. The SMILES string of the molecule is C=Cc1oc(N)c(-c2ccc(OC)c(Cl)c2)c1O. The first-order chi connectivity index (χ1) is 8.58. The zero-order valence-corrected chi connectivity index (χ0v) is 10.5. The summed E-state index contributed by atoms with van der Waals surface area (Å²) in [6.45, 7) is 3.53. The number of nitrogens with two attached hydrogens (primary N) is 1. The zero-order valence-electron chi connectivity index (χ0n) is 9.74. The molecule has 0 bridgehead atoms. The van der Waals surface area contributed by atoms with Gasteiger partial charge in [0.15, 0.2) is 11.5 Å². The minimum atomic E-state index is -0.0521. The molecule has 2 rings (SSSR count). The Labute approximate surface area is 109 Å². The van der Waals surface area contributed by atoms with E-state index in [1.165, 1.54) is 13.2 Å². The standard InChI is InChI=1S/C13H12ClNO3/c1-3-9-12(16)11(13(15)18-9)7-4-5-10(17-2)8(14)6-7/h3-6,16H,1,15H2,2H3. The largest absolute Gasteiger partial charge is 0.504 e. The first-order valence-corrected chi connectivity index (χ1v) is 5.53. The lowest BCUT2D eigenvalue weighted by atomic mass is 10.1. The highest BCUT2D eigenvalue weighted by Gasteiger charge is 2.18. The van der Waals surface area contributed by atoms with Crippen LogP contribution in [0.15, 0.2) is 29.2 Å². The number of ether oxygens (including phenoxy) is 1. The Morgan fingerprint density at radius 1 is 1.50 bits per heavy atom. The summed E-state index contributed by atoms with van der Waals surface area (Å²) in [5.41, 5.74) is 6.77. The molecule has 2 aromatic rings. The maximum absolute atomic E-state index is 9.96. The molecule has 0 amide bonds. The molecule has 0 radical (unpaired) electrons. The fraction of sp³-hybridized carbons (Fsp3) is 0.0769. The van der Waals surface area contributed by atoms with Crippen LogP contribution in [-0.4, -0.2) is 12.2 Å². The zero-order chi connectivity index (χ0) is 13.3. The summed E-state index contributed by atoms with van der Waals surface area (Å²) in [6, 6.07) is 5.07. The van der Waals surface area contributed by atoms with E-state index in [1.807, 2.05) is 0 Å². The Morgan fingerprint density at radius 3 is 2.72 bits per heavy atom. The molecule has 0 saturated carbocycles. The van der Waals surface area contributed by atoms with E-state index in [1.54, 1.807) is 18.2 Å². The molecule has 0 aliphatic rings. The van der Waals surface area contributed by atoms with Crippen molar-refractivity contribution in [2.75, 3.05) is 12.8 Å². The summed E-state index contributed by atoms with van der Waals surface area (Å²) in [7, 11) is 1.53. The minimum absolute atomic E-state index is 0.0521. The third-order valence-corrected chi connectivity index (χ3v) is 2.86. The molecule has 1 aromatic heterocycles. The van der Waals surface area contributed by atoms with Crippen LogP contribution in [0.3, 0.4) is 0 Å². The third-order valence-electron chi connectivity index (χ3n) is 2.56. The number of anilines is 1. The van der Waals surface area contributed by atoms with Gasteiger partial charge in [-0.1, -0.05) is 24.2 Å². The van der Waals surface area contributed by atoms with E-state index >= 15 is 0 Å². The van der Waals surface area contributed by atoms with Crippen molar-refractivity contribution in [2.24, 2.45) is 0 Å². The Kier molecular flexibility index (Phi) is 3.21. The smallest absolute Gasteiger partial charge is 0.202 e. The van der Waals surface area contributed by atoms with Crippen LogP contribution < -0.4 is 10.5 Å². The maximum Gasteiger partial charge on any atom is 0.202 e. The predicted octanol–water partition coefficient (Wildman–Crippen LogP) is 3.54. The number of nitrogen functional groups attached to an aromatic ring is 1. The Morgan fingerprint density at radius 2 is 2.22 bits per heavy atom. The van der Waals surface area contributed by atoms with E-state index in [2.05, 4.69) is 6.58 Å². The van der Waals surface area contributed by atoms with Crippen molar-refractivity contribution in [2.45, 2.75) is 0 Å². The van der Waals surface area contributed by atoms with Gasteiger partial charge >= 0.3 is 0 Å². The normalized spacial score (nSPS) is 10.3. The lowest BCUT2D eigenvalue weighted by Crippen LogP contribution is -1.87. The highest BCUT2D eigenvalue weighted by atomic mass is 35.5. The van der Waals surface area contributed by atoms with Gasteiger partial charge in [-0.15, -0.1) is 0 Å². The number of halogens is 1. The van der Waals surface area contributed by atoms with E-state index in [-0.39, 0.29) is 17.4 Å². The average molecular weight is 266 g/mol. The molecule has 0 unspecified atom stereocenters. The van der Waals surface area contributed by atoms with Crippen LogP contribution in [0.5, 0.6) is 11.5 Å². The van der Waals surface area contributed by atoms with Gasteiger partial charge in [-0.05, 0) is 23.8 Å². The molecule has 5 heteroatoms. The van der Waals surface area contributed by atoms with E-state index in [0.29, 0.717) is 21.9 Å². The van der Waals surface area contributed by atoms with E-state index in [0.717, 1.165) is 0 Å². The minimum Gasteiger partial charge on any atom is -0.504 e. The second kappa shape index (κ2) is 4.66. The van der Waals surface area contributed by atoms with Crippen LogP contribution in [0.4, 0.5) is 5.88 Å². The summed E-state index contributed by atoms with van der Waals surface area (Å²) >= 11 is 6.03. The number of hydrogen-bond donors (Lipinski definition) is 2. The molecule has 0 spiro atoms. The molecule has 18 heavy (non-hydrogen) atoms. The Hall–Kier alpha value is -2.07. The number of hydrogen-bond acceptors (Lipinski definition) is 4. The van der Waals surface area contributed by atoms with E-state index in [9.17, 15) is 5.11 Å². The van der Waals surface area contributed by atoms with Gasteiger partial charge in [0.25, 0.3) is 0 Å². The monoisotopic (exact) mass is 265 g/mol. The summed E-state index contributed by atoms with van der Waals surface area (Å²) in [4.78, 5) is 0. The third kappa shape index (κ3) is 1.91. The molecular formula is C13H12ClNO3. The van der Waals surface area contributed by atoms with Crippen molar-refractivity contribution < 1.29 is 14.3 Å². The number of furan rings is 1. The molecule has 4 nitrogen and oxygen atoms in total. The summed E-state index contributed by atoms with van der Waals surface area (Å²) in [6.07, 6.45) is 1.39. The topological polar surface area (TPSA) is 68.6 Å². The summed E-state index contributed by atoms with van der Waals surface area (Å²) in [5.74, 6) is 0.840. The van der Waals surface area contributed by atoms with Crippen molar-refractivity contribution in [1.29, 1.82) is 0 Å². The molecule has 0 atom stereocenters. The molecule has 0 saturated heterocycles. The Balaban J connectivity index is 2.58. The van der Waals surface area contributed by atoms with Gasteiger partial charge in [0.2, 0.25) is 5.88 Å². The van der Waals surface area contributed by atoms with Gasteiger partial charge in [-0.25, -0.2) is 0 Å². The van der Waals surface area contributed by atoms with Crippen molar-refractivity contribution in [3.05, 3.63) is 35.6 Å². The summed E-state index contributed by atoms with van der Waals surface area (Å²) < 4.78 is 10.2. The van der Waals surface area contributed by atoms with Crippen molar-refractivity contribution in [3.63, 3.8) is 0 Å². The molecule has 0 fully saturated rings. The van der Waals surface area contributed by atoms with Crippen LogP contribution in [0, 0.1) is 0 Å². The second-order valence-electron chi connectivity index (χ2n) is 3.61. The fourth-order valence-electron chi connectivity index (χ4n) is 1.70. The van der Waals surface area contributed by atoms with Crippen LogP contribution in [0.2, 0.25) is 5.02 Å². The maximum atomic E-state index is 9.96. The van der Waals surface area contributed by atoms with E-state index in [4.69, 9.17) is 26.5 Å². The van der Waals surface area contributed by atoms with Crippen molar-refractivity contribution in [1.82, 2.24) is 0 Å². The molecule has 3 N–H and O–H groups in total. The molecule has 1 heterocycles. The van der Waals surface area contributed by atoms with Crippen molar-refractivity contribution in [3.8, 4) is 22.6 Å². The fourth-order valence-corrected chi connectivity index (χ4v) is 1.95. The molecular weight excluding hydrogens is 254 g/mol. The van der Waals surface area contributed by atoms with Crippen LogP contribution in [-0.2, 0) is 0 Å². The molecule has 0 aliphatic heterocycles. The highest BCUT2D eigenvalue weighted by molar-refractivity contribution is 6.32. The van der Waals surface area contributed by atoms with Crippen LogP contribution in [0.25, 0.3) is 17.2 Å². The lowest BCUT2D eigenvalue weighted by Gasteiger charge is -2.05. The number of aromatic hydroxyl groups is 1. The lowest BCUT2D eigenvalue weighted by molar-refractivity contribution is 0.415. The second-order valence-corrected chi connectivity index (χ2v) is 4.01. The average Bonchev–Trinajstić information content (AvgIpc) is 2.64. The van der Waals surface area contributed by atoms with Crippen LogP contribution >= 0.6 is 11.6 Å². The molecule has 94 valence electrons. The number of benzene rings is 1. The molecule has 1 aromatic carbocycles. The van der Waals surface area contributed by atoms with Gasteiger partial charge in [0.1, 0.15) is 5.75 Å². The first kappa shape index (κ1) is 12.4. The van der Waals surface area contributed by atoms with Gasteiger partial charge in [0.05, 0.1) is 17.7 Å². The quantitative estimate of drug-likeness (QED) is 0.891. The van der Waals surface area contributed by atoms with Gasteiger partial charge in [0, 0.05) is 0 Å².